The number of hydrogen-bond donors (Lipinski definition) is 1. The topological polar surface area (TPSA) is 46.5 Å². The molecule has 1 aliphatic rings. The zero-order valence-electron chi connectivity index (χ0n) is 10.1. The van der Waals surface area contributed by atoms with Gasteiger partial charge in [-0.05, 0) is 44.2 Å². The van der Waals surface area contributed by atoms with E-state index in [1.54, 1.807) is 18.2 Å². The average molecular weight is 234 g/mol. The summed E-state index contributed by atoms with van der Waals surface area (Å²) in [6.45, 7) is 2.05. The first-order valence-electron chi connectivity index (χ1n) is 6.18. The molecule has 92 valence electrons. The second kappa shape index (κ2) is 4.78. The summed E-state index contributed by atoms with van der Waals surface area (Å²) in [5, 5.41) is 9.61. The van der Waals surface area contributed by atoms with Gasteiger partial charge in [0.15, 0.2) is 0 Å². The number of rotatable bonds is 3. The molecule has 17 heavy (non-hydrogen) atoms. The third-order valence-electron chi connectivity index (χ3n) is 3.59. The molecule has 3 nitrogen and oxygen atoms in total. The van der Waals surface area contributed by atoms with Crippen LogP contribution in [-0.4, -0.2) is 16.7 Å². The van der Waals surface area contributed by atoms with Gasteiger partial charge in [-0.1, -0.05) is 19.1 Å². The maximum atomic E-state index is 12.0. The number of aromatic hydroxyl groups is 1. The van der Waals surface area contributed by atoms with Gasteiger partial charge in [-0.25, -0.2) is 4.79 Å². The number of phenols is 1. The molecule has 3 heteroatoms. The summed E-state index contributed by atoms with van der Waals surface area (Å²) in [6, 6.07) is 6.51. The fourth-order valence-electron chi connectivity index (χ4n) is 2.44. The lowest BCUT2D eigenvalue weighted by Gasteiger charge is -2.27. The summed E-state index contributed by atoms with van der Waals surface area (Å²) in [5.41, 5.74) is -0.0495. The van der Waals surface area contributed by atoms with Crippen LogP contribution in [0.1, 0.15) is 49.4 Å². The van der Waals surface area contributed by atoms with Gasteiger partial charge in [0.25, 0.3) is 0 Å². The van der Waals surface area contributed by atoms with Gasteiger partial charge in [0.2, 0.25) is 0 Å². The highest BCUT2D eigenvalue weighted by atomic mass is 16.6. The minimum absolute atomic E-state index is 0.0123. The van der Waals surface area contributed by atoms with Crippen LogP contribution in [0.4, 0.5) is 0 Å². The van der Waals surface area contributed by atoms with Crippen molar-refractivity contribution in [3.63, 3.8) is 0 Å². The van der Waals surface area contributed by atoms with E-state index in [1.165, 1.54) is 6.07 Å². The van der Waals surface area contributed by atoms with E-state index >= 15 is 0 Å². The van der Waals surface area contributed by atoms with E-state index in [1.807, 2.05) is 6.92 Å². The summed E-state index contributed by atoms with van der Waals surface area (Å²) in [4.78, 5) is 12.0. The number of benzene rings is 1. The van der Waals surface area contributed by atoms with Crippen LogP contribution in [0, 0.1) is 0 Å². The Labute approximate surface area is 101 Å². The Morgan fingerprint density at radius 1 is 1.35 bits per heavy atom. The first-order chi connectivity index (χ1) is 8.17. The fourth-order valence-corrected chi connectivity index (χ4v) is 2.44. The van der Waals surface area contributed by atoms with Crippen molar-refractivity contribution in [2.75, 3.05) is 0 Å². The Balaban J connectivity index is 2.14. The summed E-state index contributed by atoms with van der Waals surface area (Å²) in [5.74, 6) is -0.423. The van der Waals surface area contributed by atoms with Gasteiger partial charge in [-0.15, -0.1) is 0 Å². The maximum absolute atomic E-state index is 12.0. The highest BCUT2D eigenvalue weighted by molar-refractivity contribution is 5.92. The van der Waals surface area contributed by atoms with E-state index in [0.29, 0.717) is 0 Å². The third kappa shape index (κ3) is 2.43. The molecule has 0 aromatic heterocycles. The van der Waals surface area contributed by atoms with E-state index in [9.17, 15) is 9.90 Å². The van der Waals surface area contributed by atoms with Crippen molar-refractivity contribution in [2.24, 2.45) is 0 Å². The summed E-state index contributed by atoms with van der Waals surface area (Å²) >= 11 is 0. The molecule has 1 aromatic rings. The van der Waals surface area contributed by atoms with E-state index in [-0.39, 0.29) is 16.9 Å². The third-order valence-corrected chi connectivity index (χ3v) is 3.59. The molecule has 1 N–H and O–H groups in total. The predicted molar refractivity (Wildman–Crippen MR) is 65.0 cm³/mol. The molecule has 2 rings (SSSR count). The molecule has 0 bridgehead atoms. The van der Waals surface area contributed by atoms with Crippen molar-refractivity contribution in [1.82, 2.24) is 0 Å². The van der Waals surface area contributed by atoms with Crippen LogP contribution in [0.25, 0.3) is 0 Å². The van der Waals surface area contributed by atoms with Gasteiger partial charge in [0.05, 0.1) is 0 Å². The van der Waals surface area contributed by atoms with Crippen molar-refractivity contribution in [3.8, 4) is 5.75 Å². The molecule has 0 spiro atoms. The smallest absolute Gasteiger partial charge is 0.342 e. The molecule has 0 atom stereocenters. The average Bonchev–Trinajstić information content (AvgIpc) is 2.79. The Kier molecular flexibility index (Phi) is 3.36. The Hall–Kier alpha value is -1.51. The molecular formula is C14H18O3. The molecular weight excluding hydrogens is 216 g/mol. The van der Waals surface area contributed by atoms with Crippen molar-refractivity contribution in [2.45, 2.75) is 44.6 Å². The van der Waals surface area contributed by atoms with Gasteiger partial charge >= 0.3 is 5.97 Å². The van der Waals surface area contributed by atoms with Crippen LogP contribution < -0.4 is 0 Å². The lowest BCUT2D eigenvalue weighted by atomic mass is 9.98. The minimum Gasteiger partial charge on any atom is -0.507 e. The van der Waals surface area contributed by atoms with Crippen LogP contribution in [0.15, 0.2) is 24.3 Å². The molecule has 0 unspecified atom stereocenters. The molecule has 1 fully saturated rings. The normalized spacial score (nSPS) is 17.9. The van der Waals surface area contributed by atoms with Crippen LogP contribution in [-0.2, 0) is 4.74 Å². The number of carbonyl (C=O) groups is 1. The number of phenolic OH excluding ortho intramolecular Hbond substituents is 1. The summed E-state index contributed by atoms with van der Waals surface area (Å²) in [6.07, 6.45) is 4.93. The van der Waals surface area contributed by atoms with Gasteiger partial charge in [0, 0.05) is 0 Å². The lowest BCUT2D eigenvalue weighted by molar-refractivity contribution is -0.0174. The zero-order valence-corrected chi connectivity index (χ0v) is 10.1. The van der Waals surface area contributed by atoms with E-state index < -0.39 is 5.97 Å². The van der Waals surface area contributed by atoms with Crippen molar-refractivity contribution in [1.29, 1.82) is 0 Å². The molecule has 0 aliphatic heterocycles. The molecule has 1 aromatic carbocycles. The molecule has 1 aliphatic carbocycles. The van der Waals surface area contributed by atoms with E-state index in [0.717, 1.165) is 32.1 Å². The maximum Gasteiger partial charge on any atom is 0.342 e. The lowest BCUT2D eigenvalue weighted by Crippen LogP contribution is -2.31. The van der Waals surface area contributed by atoms with Crippen molar-refractivity contribution in [3.05, 3.63) is 29.8 Å². The molecule has 0 radical (unpaired) electrons. The molecule has 0 amide bonds. The second-order valence-corrected chi connectivity index (χ2v) is 4.65. The first-order valence-corrected chi connectivity index (χ1v) is 6.18. The van der Waals surface area contributed by atoms with Crippen LogP contribution in [0.5, 0.6) is 5.75 Å². The number of ether oxygens (including phenoxy) is 1. The van der Waals surface area contributed by atoms with Crippen LogP contribution in [0.3, 0.4) is 0 Å². The molecule has 0 heterocycles. The fraction of sp³-hybridized carbons (Fsp3) is 0.500. The summed E-state index contributed by atoms with van der Waals surface area (Å²) < 4.78 is 5.62. The Bertz CT molecular complexity index is 406. The van der Waals surface area contributed by atoms with Gasteiger partial charge < -0.3 is 9.84 Å². The monoisotopic (exact) mass is 234 g/mol. The second-order valence-electron chi connectivity index (χ2n) is 4.65. The highest BCUT2D eigenvalue weighted by Gasteiger charge is 2.36. The molecule has 1 saturated carbocycles. The Morgan fingerprint density at radius 3 is 2.59 bits per heavy atom. The first kappa shape index (κ1) is 12.0. The Morgan fingerprint density at radius 2 is 2.00 bits per heavy atom. The minimum atomic E-state index is -0.410. The van der Waals surface area contributed by atoms with Crippen LogP contribution >= 0.6 is 0 Å². The van der Waals surface area contributed by atoms with Crippen molar-refractivity contribution < 1.29 is 14.6 Å². The highest BCUT2D eigenvalue weighted by Crippen LogP contribution is 2.37. The SMILES string of the molecule is CCC1(OC(=O)c2ccccc2O)CCCC1. The van der Waals surface area contributed by atoms with Gasteiger partial charge in [-0.2, -0.15) is 0 Å². The van der Waals surface area contributed by atoms with Gasteiger partial charge in [0.1, 0.15) is 16.9 Å². The predicted octanol–water partition coefficient (Wildman–Crippen LogP) is 3.27. The van der Waals surface area contributed by atoms with E-state index in [2.05, 4.69) is 0 Å². The summed E-state index contributed by atoms with van der Waals surface area (Å²) in [7, 11) is 0. The number of esters is 1. The quantitative estimate of drug-likeness (QED) is 0.816. The number of hydrogen-bond acceptors (Lipinski definition) is 3. The number of carbonyl (C=O) groups excluding carboxylic acids is 1. The van der Waals surface area contributed by atoms with Crippen LogP contribution in [0.2, 0.25) is 0 Å². The number of para-hydroxylation sites is 1. The largest absolute Gasteiger partial charge is 0.507 e. The standard InChI is InChI=1S/C14H18O3/c1-2-14(9-5-6-10-14)17-13(16)11-7-3-4-8-12(11)15/h3-4,7-8,15H,2,5-6,9-10H2,1H3. The van der Waals surface area contributed by atoms with Gasteiger partial charge in [-0.3, -0.25) is 0 Å². The van der Waals surface area contributed by atoms with Crippen molar-refractivity contribution >= 4 is 5.97 Å². The zero-order chi connectivity index (χ0) is 12.3. The molecule has 0 saturated heterocycles. The van der Waals surface area contributed by atoms with E-state index in [4.69, 9.17) is 4.74 Å².